The first-order valence-electron chi connectivity index (χ1n) is 8.66. The van der Waals surface area contributed by atoms with Gasteiger partial charge >= 0.3 is 0 Å². The van der Waals surface area contributed by atoms with E-state index < -0.39 is 0 Å². The lowest BCUT2D eigenvalue weighted by Crippen LogP contribution is -2.37. The minimum Gasteiger partial charge on any atom is -0.496 e. The number of aliphatic imine (C=N–C) groups is 1. The fraction of sp³-hybridized carbons (Fsp3) is 0.350. The molecule has 0 radical (unpaired) electrons. The van der Waals surface area contributed by atoms with Gasteiger partial charge in [0.2, 0.25) is 0 Å². The molecule has 0 atom stereocenters. The zero-order chi connectivity index (χ0) is 19.6. The molecule has 2 aromatic carbocycles. The molecule has 2 N–H and O–H groups in total. The van der Waals surface area contributed by atoms with Gasteiger partial charge < -0.3 is 24.8 Å². The lowest BCUT2D eigenvalue weighted by atomic mass is 10.1. The Kier molecular flexibility index (Phi) is 7.73. The molecule has 0 saturated heterocycles. The van der Waals surface area contributed by atoms with Crippen LogP contribution in [-0.2, 0) is 13.1 Å². The van der Waals surface area contributed by atoms with Gasteiger partial charge in [-0.2, -0.15) is 0 Å². The lowest BCUT2D eigenvalue weighted by molar-refractivity contribution is 0.368. The molecule has 0 aliphatic heterocycles. The van der Waals surface area contributed by atoms with Crippen molar-refractivity contribution in [2.24, 2.45) is 4.99 Å². The van der Waals surface area contributed by atoms with Crippen LogP contribution in [0.2, 0.25) is 0 Å². The van der Waals surface area contributed by atoms with E-state index in [-0.39, 0.29) is 5.82 Å². The predicted octanol–water partition coefficient (Wildman–Crippen LogP) is 3.11. The van der Waals surface area contributed by atoms with Crippen LogP contribution in [0.15, 0.2) is 41.4 Å². The molecular formula is C20H26FN3O3. The number of guanidine groups is 1. The maximum Gasteiger partial charge on any atom is 0.191 e. The first kappa shape index (κ1) is 20.4. The number of rotatable bonds is 8. The summed E-state index contributed by atoms with van der Waals surface area (Å²) in [5, 5.41) is 6.46. The number of nitrogens with one attached hydrogen (secondary N) is 2. The average Bonchev–Trinajstić information content (AvgIpc) is 2.70. The molecule has 2 aromatic rings. The van der Waals surface area contributed by atoms with E-state index in [9.17, 15) is 4.39 Å². The van der Waals surface area contributed by atoms with Gasteiger partial charge in [-0.15, -0.1) is 0 Å². The summed E-state index contributed by atoms with van der Waals surface area (Å²) in [6.45, 7) is 3.59. The second-order valence-corrected chi connectivity index (χ2v) is 5.69. The number of hydrogen-bond donors (Lipinski definition) is 2. The van der Waals surface area contributed by atoms with E-state index in [1.54, 1.807) is 33.5 Å². The van der Waals surface area contributed by atoms with Gasteiger partial charge in [0.05, 0.1) is 40.0 Å². The summed E-state index contributed by atoms with van der Waals surface area (Å²) in [5.41, 5.74) is 1.78. The Balaban J connectivity index is 2.15. The highest BCUT2D eigenvalue weighted by Gasteiger charge is 2.13. The van der Waals surface area contributed by atoms with E-state index in [1.807, 2.05) is 19.1 Å². The van der Waals surface area contributed by atoms with Gasteiger partial charge in [-0.05, 0) is 24.6 Å². The SMILES string of the molecule is CCNC(=NCc1ccc(F)cc1)NCc1c(OC)cc(OC)cc1OC. The highest BCUT2D eigenvalue weighted by Crippen LogP contribution is 2.33. The third kappa shape index (κ3) is 5.77. The van der Waals surface area contributed by atoms with Crippen LogP contribution in [0.3, 0.4) is 0 Å². The van der Waals surface area contributed by atoms with Gasteiger partial charge in [0.1, 0.15) is 23.1 Å². The van der Waals surface area contributed by atoms with Crippen LogP contribution in [0.1, 0.15) is 18.1 Å². The largest absolute Gasteiger partial charge is 0.496 e. The second kappa shape index (κ2) is 10.3. The van der Waals surface area contributed by atoms with Crippen molar-refractivity contribution < 1.29 is 18.6 Å². The summed E-state index contributed by atoms with van der Waals surface area (Å²) >= 11 is 0. The van der Waals surface area contributed by atoms with Crippen molar-refractivity contribution in [3.63, 3.8) is 0 Å². The highest BCUT2D eigenvalue weighted by atomic mass is 19.1. The van der Waals surface area contributed by atoms with Crippen molar-refractivity contribution in [3.05, 3.63) is 53.3 Å². The third-order valence-electron chi connectivity index (χ3n) is 3.93. The van der Waals surface area contributed by atoms with Crippen molar-refractivity contribution in [1.82, 2.24) is 10.6 Å². The molecule has 0 unspecified atom stereocenters. The summed E-state index contributed by atoms with van der Waals surface area (Å²) in [6, 6.07) is 9.91. The standard InChI is InChI=1S/C20H26FN3O3/c1-5-22-20(23-12-14-6-8-15(21)9-7-14)24-13-17-18(26-3)10-16(25-2)11-19(17)27-4/h6-11H,5,12-13H2,1-4H3,(H2,22,23,24). The molecular weight excluding hydrogens is 349 g/mol. The summed E-state index contributed by atoms with van der Waals surface area (Å²) < 4.78 is 29.2. The molecule has 2 rings (SSSR count). The Labute approximate surface area is 159 Å². The quantitative estimate of drug-likeness (QED) is 0.548. The van der Waals surface area contributed by atoms with E-state index in [0.717, 1.165) is 11.1 Å². The fourth-order valence-electron chi connectivity index (χ4n) is 2.53. The van der Waals surface area contributed by atoms with Gasteiger partial charge in [0, 0.05) is 18.7 Å². The van der Waals surface area contributed by atoms with Crippen LogP contribution in [0.25, 0.3) is 0 Å². The molecule has 27 heavy (non-hydrogen) atoms. The molecule has 0 aliphatic rings. The van der Waals surface area contributed by atoms with Gasteiger partial charge in [-0.25, -0.2) is 9.38 Å². The Bertz CT molecular complexity index is 739. The van der Waals surface area contributed by atoms with Crippen LogP contribution in [0.4, 0.5) is 4.39 Å². The van der Waals surface area contributed by atoms with Gasteiger partial charge in [-0.3, -0.25) is 0 Å². The normalized spacial score (nSPS) is 11.1. The Morgan fingerprint density at radius 1 is 0.963 bits per heavy atom. The first-order valence-corrected chi connectivity index (χ1v) is 8.66. The zero-order valence-corrected chi connectivity index (χ0v) is 16.1. The molecule has 0 fully saturated rings. The molecule has 0 aliphatic carbocycles. The molecule has 0 aromatic heterocycles. The number of ether oxygens (including phenoxy) is 3. The monoisotopic (exact) mass is 375 g/mol. The number of nitrogens with zero attached hydrogens (tertiary/aromatic N) is 1. The van der Waals surface area contributed by atoms with Crippen molar-refractivity contribution in [1.29, 1.82) is 0 Å². The van der Waals surface area contributed by atoms with Gasteiger partial charge in [0.25, 0.3) is 0 Å². The molecule has 0 saturated carbocycles. The van der Waals surface area contributed by atoms with E-state index in [1.165, 1.54) is 12.1 Å². The van der Waals surface area contributed by atoms with Crippen LogP contribution in [0.5, 0.6) is 17.2 Å². The third-order valence-corrected chi connectivity index (χ3v) is 3.93. The van der Waals surface area contributed by atoms with E-state index in [2.05, 4.69) is 15.6 Å². The summed E-state index contributed by atoms with van der Waals surface area (Å²) in [7, 11) is 4.80. The van der Waals surface area contributed by atoms with Crippen molar-refractivity contribution in [2.45, 2.75) is 20.0 Å². The minimum atomic E-state index is -0.258. The topological polar surface area (TPSA) is 64.1 Å². The molecule has 0 spiro atoms. The van der Waals surface area contributed by atoms with E-state index in [4.69, 9.17) is 14.2 Å². The Hall–Kier alpha value is -2.96. The second-order valence-electron chi connectivity index (χ2n) is 5.69. The summed E-state index contributed by atoms with van der Waals surface area (Å²) in [4.78, 5) is 4.54. The Morgan fingerprint density at radius 3 is 2.11 bits per heavy atom. The molecule has 0 heterocycles. The zero-order valence-electron chi connectivity index (χ0n) is 16.1. The van der Waals surface area contributed by atoms with Crippen molar-refractivity contribution >= 4 is 5.96 Å². The first-order chi connectivity index (χ1) is 13.1. The van der Waals surface area contributed by atoms with Crippen LogP contribution < -0.4 is 24.8 Å². The minimum absolute atomic E-state index is 0.258. The number of hydrogen-bond acceptors (Lipinski definition) is 4. The molecule has 0 bridgehead atoms. The van der Waals surface area contributed by atoms with Gasteiger partial charge in [-0.1, -0.05) is 12.1 Å². The smallest absolute Gasteiger partial charge is 0.191 e. The van der Waals surface area contributed by atoms with Crippen LogP contribution in [-0.4, -0.2) is 33.8 Å². The fourth-order valence-corrected chi connectivity index (χ4v) is 2.53. The summed E-state index contributed by atoms with van der Waals surface area (Å²) in [6.07, 6.45) is 0. The average molecular weight is 375 g/mol. The molecule has 6 nitrogen and oxygen atoms in total. The van der Waals surface area contributed by atoms with Crippen molar-refractivity contribution in [3.8, 4) is 17.2 Å². The lowest BCUT2D eigenvalue weighted by Gasteiger charge is -2.17. The van der Waals surface area contributed by atoms with Crippen LogP contribution >= 0.6 is 0 Å². The Morgan fingerprint density at radius 2 is 1.59 bits per heavy atom. The number of methoxy groups -OCH3 is 3. The molecule has 7 heteroatoms. The van der Waals surface area contributed by atoms with E-state index >= 15 is 0 Å². The van der Waals surface area contributed by atoms with Crippen LogP contribution in [0, 0.1) is 5.82 Å². The van der Waals surface area contributed by atoms with E-state index in [0.29, 0.717) is 42.8 Å². The maximum atomic E-state index is 13.0. The number of halogens is 1. The van der Waals surface area contributed by atoms with Crippen molar-refractivity contribution in [2.75, 3.05) is 27.9 Å². The number of benzene rings is 2. The molecule has 0 amide bonds. The summed E-state index contributed by atoms with van der Waals surface area (Å²) in [5.74, 6) is 2.36. The maximum absolute atomic E-state index is 13.0. The van der Waals surface area contributed by atoms with Gasteiger partial charge in [0.15, 0.2) is 5.96 Å². The molecule has 146 valence electrons. The predicted molar refractivity (Wildman–Crippen MR) is 104 cm³/mol. The highest BCUT2D eigenvalue weighted by molar-refractivity contribution is 5.80.